The Morgan fingerprint density at radius 2 is 1.81 bits per heavy atom. The number of carbonyl (C=O) groups excluding carboxylic acids is 2. The predicted octanol–water partition coefficient (Wildman–Crippen LogP) is 5.03. The van der Waals surface area contributed by atoms with Crippen LogP contribution in [-0.4, -0.2) is 18.5 Å². The number of hydrogen-bond donors (Lipinski definition) is 1. The molecule has 0 aromatic heterocycles. The summed E-state index contributed by atoms with van der Waals surface area (Å²) in [4.78, 5) is 24.2. The molecule has 2 rings (SSSR count). The van der Waals surface area contributed by atoms with Crippen molar-refractivity contribution in [3.8, 4) is 0 Å². The maximum absolute atomic E-state index is 12.8. The Bertz CT molecular complexity index is 810. The average molecular weight is 400 g/mol. The van der Waals surface area contributed by atoms with Crippen LogP contribution in [0.1, 0.15) is 30.4 Å². The van der Waals surface area contributed by atoms with E-state index in [-0.39, 0.29) is 10.7 Å². The van der Waals surface area contributed by atoms with Gasteiger partial charge in [-0.25, -0.2) is 0 Å². The van der Waals surface area contributed by atoms with E-state index in [9.17, 15) is 22.8 Å². The van der Waals surface area contributed by atoms with Crippen LogP contribution in [0.25, 0.3) is 0 Å². The third-order valence-corrected chi connectivity index (χ3v) is 4.14. The Labute approximate surface area is 159 Å². The largest absolute Gasteiger partial charge is 0.455 e. The number of anilines is 1. The highest BCUT2D eigenvalue weighted by Crippen LogP contribution is 2.33. The number of ether oxygens (including phenoxy) is 1. The van der Waals surface area contributed by atoms with Gasteiger partial charge in [0.1, 0.15) is 0 Å². The fourth-order valence-electron chi connectivity index (χ4n) is 2.44. The minimum atomic E-state index is -4.57. The summed E-state index contributed by atoms with van der Waals surface area (Å²) in [5.41, 5.74) is -0.400. The summed E-state index contributed by atoms with van der Waals surface area (Å²) in [5.74, 6) is -1.90. The van der Waals surface area contributed by atoms with Gasteiger partial charge >= 0.3 is 12.1 Å². The second-order valence-electron chi connectivity index (χ2n) is 5.72. The molecule has 0 aliphatic carbocycles. The number of rotatable bonds is 6. The number of alkyl halides is 3. The Morgan fingerprint density at radius 3 is 2.41 bits per heavy atom. The summed E-state index contributed by atoms with van der Waals surface area (Å²) < 4.78 is 43.3. The van der Waals surface area contributed by atoms with E-state index in [2.05, 4.69) is 5.32 Å². The number of carbonyl (C=O) groups is 2. The smallest absolute Gasteiger partial charge is 0.416 e. The lowest BCUT2D eigenvalue weighted by Gasteiger charge is -2.15. The molecule has 1 atom stereocenters. The van der Waals surface area contributed by atoms with Gasteiger partial charge in [0.25, 0.3) is 5.91 Å². The Kier molecular flexibility index (Phi) is 6.85. The number of amides is 1. The molecule has 0 heterocycles. The first-order valence-corrected chi connectivity index (χ1v) is 8.48. The molecule has 0 spiro atoms. The SMILES string of the molecule is CC[C@H](C(=O)OCC(=O)Nc1cc(C(F)(F)F)ccc1Cl)c1ccccc1. The number of nitrogens with one attached hydrogen (secondary N) is 1. The highest BCUT2D eigenvalue weighted by Gasteiger charge is 2.31. The van der Waals surface area contributed by atoms with Crippen LogP contribution in [0.3, 0.4) is 0 Å². The molecule has 144 valence electrons. The molecule has 2 aromatic rings. The normalized spacial score (nSPS) is 12.3. The van der Waals surface area contributed by atoms with Gasteiger partial charge in [0.05, 0.1) is 22.2 Å². The quantitative estimate of drug-likeness (QED) is 0.693. The number of esters is 1. The minimum absolute atomic E-state index is 0.0570. The molecule has 0 unspecified atom stereocenters. The van der Waals surface area contributed by atoms with Crippen molar-refractivity contribution in [2.75, 3.05) is 11.9 Å². The van der Waals surface area contributed by atoms with E-state index in [1.54, 1.807) is 31.2 Å². The second-order valence-corrected chi connectivity index (χ2v) is 6.13. The molecule has 0 aliphatic rings. The van der Waals surface area contributed by atoms with Gasteiger partial charge in [-0.3, -0.25) is 9.59 Å². The van der Waals surface area contributed by atoms with Gasteiger partial charge in [0, 0.05) is 0 Å². The van der Waals surface area contributed by atoms with E-state index < -0.39 is 36.1 Å². The molecule has 2 aromatic carbocycles. The summed E-state index contributed by atoms with van der Waals surface area (Å²) in [5, 5.41) is 2.17. The maximum Gasteiger partial charge on any atom is 0.416 e. The molecule has 8 heteroatoms. The zero-order valence-electron chi connectivity index (χ0n) is 14.3. The van der Waals surface area contributed by atoms with Crippen molar-refractivity contribution in [3.05, 3.63) is 64.7 Å². The summed E-state index contributed by atoms with van der Waals surface area (Å²) in [6.45, 7) is 1.18. The highest BCUT2D eigenvalue weighted by molar-refractivity contribution is 6.33. The van der Waals surface area contributed by atoms with Crippen LogP contribution in [0.4, 0.5) is 18.9 Å². The number of halogens is 4. The van der Waals surface area contributed by atoms with E-state index in [1.165, 1.54) is 0 Å². The van der Waals surface area contributed by atoms with Gasteiger partial charge < -0.3 is 10.1 Å². The molecule has 0 bridgehead atoms. The summed E-state index contributed by atoms with van der Waals surface area (Å²) in [7, 11) is 0. The lowest BCUT2D eigenvalue weighted by molar-refractivity contribution is -0.149. The van der Waals surface area contributed by atoms with Crippen LogP contribution in [0, 0.1) is 0 Å². The van der Waals surface area contributed by atoms with Crippen molar-refractivity contribution in [3.63, 3.8) is 0 Å². The molecule has 0 fully saturated rings. The van der Waals surface area contributed by atoms with Crippen LogP contribution in [0.5, 0.6) is 0 Å². The fraction of sp³-hybridized carbons (Fsp3) is 0.263. The van der Waals surface area contributed by atoms with Crippen molar-refractivity contribution < 1.29 is 27.5 Å². The Hall–Kier alpha value is -2.54. The molecular weight excluding hydrogens is 383 g/mol. The first-order valence-electron chi connectivity index (χ1n) is 8.10. The van der Waals surface area contributed by atoms with Gasteiger partial charge in [-0.1, -0.05) is 48.9 Å². The lowest BCUT2D eigenvalue weighted by atomic mass is 9.97. The van der Waals surface area contributed by atoms with Crippen molar-refractivity contribution in [2.45, 2.75) is 25.4 Å². The molecule has 1 amide bonds. The van der Waals surface area contributed by atoms with Crippen molar-refractivity contribution in [1.82, 2.24) is 0 Å². The minimum Gasteiger partial charge on any atom is -0.455 e. The van der Waals surface area contributed by atoms with E-state index in [0.29, 0.717) is 6.42 Å². The Morgan fingerprint density at radius 1 is 1.15 bits per heavy atom. The van der Waals surface area contributed by atoms with Crippen molar-refractivity contribution >= 4 is 29.2 Å². The summed E-state index contributed by atoms with van der Waals surface area (Å²) in [6.07, 6.45) is -4.09. The summed E-state index contributed by atoms with van der Waals surface area (Å²) >= 11 is 5.82. The highest BCUT2D eigenvalue weighted by atomic mass is 35.5. The number of hydrogen-bond acceptors (Lipinski definition) is 3. The van der Waals surface area contributed by atoms with Crippen LogP contribution in [0.2, 0.25) is 5.02 Å². The van der Waals surface area contributed by atoms with Gasteiger partial charge in [0.15, 0.2) is 6.61 Å². The van der Waals surface area contributed by atoms with Gasteiger partial charge in [-0.15, -0.1) is 0 Å². The van der Waals surface area contributed by atoms with Gasteiger partial charge in [-0.05, 0) is 30.2 Å². The van der Waals surface area contributed by atoms with Crippen LogP contribution < -0.4 is 5.32 Å². The topological polar surface area (TPSA) is 55.4 Å². The van der Waals surface area contributed by atoms with Crippen molar-refractivity contribution in [1.29, 1.82) is 0 Å². The molecular formula is C19H17ClF3NO3. The standard InChI is InChI=1S/C19H17ClF3NO3/c1-2-14(12-6-4-3-5-7-12)18(26)27-11-17(25)24-16-10-13(19(21,22)23)8-9-15(16)20/h3-10,14H,2,11H2,1H3,(H,24,25)/t14-/m0/s1. The first kappa shape index (κ1) is 20.8. The van der Waals surface area contributed by atoms with Crippen LogP contribution >= 0.6 is 11.6 Å². The van der Waals surface area contributed by atoms with E-state index in [4.69, 9.17) is 16.3 Å². The van der Waals surface area contributed by atoms with Crippen molar-refractivity contribution in [2.24, 2.45) is 0 Å². The molecule has 0 saturated carbocycles. The molecule has 0 saturated heterocycles. The lowest BCUT2D eigenvalue weighted by Crippen LogP contribution is -2.24. The molecule has 4 nitrogen and oxygen atoms in total. The van der Waals surface area contributed by atoms with Crippen LogP contribution in [-0.2, 0) is 20.5 Å². The Balaban J connectivity index is 1.99. The summed E-state index contributed by atoms with van der Waals surface area (Å²) in [6, 6.07) is 11.5. The third-order valence-electron chi connectivity index (χ3n) is 3.81. The first-order chi connectivity index (χ1) is 12.7. The van der Waals surface area contributed by atoms with E-state index >= 15 is 0 Å². The molecule has 1 N–H and O–H groups in total. The zero-order valence-corrected chi connectivity index (χ0v) is 15.1. The van der Waals surface area contributed by atoms with Gasteiger partial charge in [-0.2, -0.15) is 13.2 Å². The predicted molar refractivity (Wildman–Crippen MR) is 95.5 cm³/mol. The van der Waals surface area contributed by atoms with Gasteiger partial charge in [0.2, 0.25) is 0 Å². The third kappa shape index (κ3) is 5.72. The monoisotopic (exact) mass is 399 g/mol. The maximum atomic E-state index is 12.8. The average Bonchev–Trinajstić information content (AvgIpc) is 2.62. The number of benzene rings is 2. The van der Waals surface area contributed by atoms with E-state index in [1.807, 2.05) is 6.07 Å². The molecule has 0 radical (unpaired) electrons. The zero-order chi connectivity index (χ0) is 20.0. The molecule has 27 heavy (non-hydrogen) atoms. The second kappa shape index (κ2) is 8.90. The van der Waals surface area contributed by atoms with Crippen LogP contribution in [0.15, 0.2) is 48.5 Å². The fourth-order valence-corrected chi connectivity index (χ4v) is 2.61. The molecule has 0 aliphatic heterocycles. The van der Waals surface area contributed by atoms with E-state index in [0.717, 1.165) is 23.8 Å².